The third kappa shape index (κ3) is 9.73. The Labute approximate surface area is 194 Å². The number of benzene rings is 1. The number of carboxylic acids is 2. The minimum atomic E-state index is -2.27. The second kappa shape index (κ2) is 15.2. The number of aliphatic hydroxyl groups excluding tert-OH is 2. The van der Waals surface area contributed by atoms with Crippen molar-refractivity contribution in [2.24, 2.45) is 5.92 Å². The number of hydrogen-bond acceptors (Lipinski definition) is 7. The van der Waals surface area contributed by atoms with Gasteiger partial charge in [-0.1, -0.05) is 69.5 Å². The Morgan fingerprint density at radius 1 is 1.00 bits per heavy atom. The summed E-state index contributed by atoms with van der Waals surface area (Å²) in [6.45, 7) is 7.48. The summed E-state index contributed by atoms with van der Waals surface area (Å²) < 4.78 is 5.57. The minimum absolute atomic E-state index is 0.0743. The fourth-order valence-electron chi connectivity index (χ4n) is 3.28. The summed E-state index contributed by atoms with van der Waals surface area (Å²) in [6, 6.07) is 10.2. The number of unbranched alkanes of at least 4 members (excludes halogenated alkanes) is 3. The van der Waals surface area contributed by atoms with Crippen molar-refractivity contribution < 1.29 is 39.5 Å². The third-order valence-electron chi connectivity index (χ3n) is 5.27. The summed E-state index contributed by atoms with van der Waals surface area (Å²) in [7, 11) is 0. The number of likely N-dealkylation sites (N-methyl/N-ethyl adjacent to an activating group) is 1. The van der Waals surface area contributed by atoms with Crippen LogP contribution in [0.1, 0.15) is 45.1 Å². The first-order valence-corrected chi connectivity index (χ1v) is 11.2. The van der Waals surface area contributed by atoms with Crippen LogP contribution in [0.4, 0.5) is 0 Å². The van der Waals surface area contributed by atoms with Gasteiger partial charge in [-0.05, 0) is 24.1 Å². The third-order valence-corrected chi connectivity index (χ3v) is 5.27. The number of carboxylic acid groups (broad SMARTS) is 2. The number of aliphatic carboxylic acids is 2. The largest absolute Gasteiger partial charge is 0.479 e. The zero-order valence-electron chi connectivity index (χ0n) is 19.2. The monoisotopic (exact) mass is 465 g/mol. The first-order chi connectivity index (χ1) is 15.7. The van der Waals surface area contributed by atoms with Gasteiger partial charge in [0.05, 0.1) is 12.5 Å². The second-order valence-corrected chi connectivity index (χ2v) is 7.72. The molecular formula is C24H35NO8. The standard InChI is InChI=1S/C20H29NO2.C4H6O6/c1-3-5-6-10-15-23-20(22)19-16-21(4-2)14-13-18(19)17-11-8-7-9-12-17;5-1(3(7)8)2(6)4(9)10/h7-9,11-13,19H,3-6,10,14-16H2,1-2H3;1-2,5-6H,(H,7,8)(H,9,10). The molecule has 0 saturated carbocycles. The highest BCUT2D eigenvalue weighted by Gasteiger charge is 2.30. The van der Waals surface area contributed by atoms with Crippen LogP contribution in [-0.2, 0) is 19.1 Å². The molecule has 0 amide bonds. The van der Waals surface area contributed by atoms with Crippen LogP contribution in [0.5, 0.6) is 0 Å². The topological polar surface area (TPSA) is 145 Å². The van der Waals surface area contributed by atoms with Gasteiger partial charge in [0, 0.05) is 13.1 Å². The number of ether oxygens (including phenoxy) is 1. The SMILES string of the molecule is CCCCCCOC(=O)C1CN(CC)CC=C1c1ccccc1.O=C(O)C(O)C(O)C(=O)O. The van der Waals surface area contributed by atoms with Gasteiger partial charge < -0.3 is 25.2 Å². The molecule has 1 aliphatic rings. The van der Waals surface area contributed by atoms with E-state index in [9.17, 15) is 14.4 Å². The zero-order valence-corrected chi connectivity index (χ0v) is 19.2. The van der Waals surface area contributed by atoms with E-state index in [1.165, 1.54) is 12.8 Å². The van der Waals surface area contributed by atoms with E-state index in [1.54, 1.807) is 0 Å². The quantitative estimate of drug-likeness (QED) is 0.285. The molecule has 0 aromatic heterocycles. The van der Waals surface area contributed by atoms with Crippen molar-refractivity contribution in [2.75, 3.05) is 26.2 Å². The van der Waals surface area contributed by atoms with E-state index < -0.39 is 24.1 Å². The summed E-state index contributed by atoms with van der Waals surface area (Å²) in [5.74, 6) is -3.78. The van der Waals surface area contributed by atoms with E-state index in [1.807, 2.05) is 18.2 Å². The van der Waals surface area contributed by atoms with Crippen molar-refractivity contribution in [1.29, 1.82) is 0 Å². The highest BCUT2D eigenvalue weighted by molar-refractivity contribution is 5.89. The van der Waals surface area contributed by atoms with Crippen LogP contribution in [0.15, 0.2) is 36.4 Å². The highest BCUT2D eigenvalue weighted by Crippen LogP contribution is 2.29. The maximum Gasteiger partial charge on any atom is 0.335 e. The van der Waals surface area contributed by atoms with E-state index in [0.717, 1.165) is 43.6 Å². The molecule has 0 fully saturated rings. The van der Waals surface area contributed by atoms with Gasteiger partial charge in [-0.2, -0.15) is 0 Å². The second-order valence-electron chi connectivity index (χ2n) is 7.72. The van der Waals surface area contributed by atoms with Crippen molar-refractivity contribution in [3.05, 3.63) is 42.0 Å². The molecule has 1 aliphatic heterocycles. The molecular weight excluding hydrogens is 430 g/mol. The molecule has 1 aromatic carbocycles. The van der Waals surface area contributed by atoms with E-state index in [0.29, 0.717) is 6.61 Å². The molecule has 1 aromatic rings. The molecule has 9 heteroatoms. The van der Waals surface area contributed by atoms with Gasteiger partial charge in [0.25, 0.3) is 0 Å². The Morgan fingerprint density at radius 3 is 2.12 bits per heavy atom. The molecule has 9 nitrogen and oxygen atoms in total. The number of carbonyl (C=O) groups excluding carboxylic acids is 1. The summed E-state index contributed by atoms with van der Waals surface area (Å²) in [5, 5.41) is 32.5. The number of hydrogen-bond donors (Lipinski definition) is 4. The highest BCUT2D eigenvalue weighted by atomic mass is 16.5. The molecule has 0 aliphatic carbocycles. The van der Waals surface area contributed by atoms with Gasteiger partial charge >= 0.3 is 17.9 Å². The number of rotatable bonds is 11. The lowest BCUT2D eigenvalue weighted by Gasteiger charge is -2.31. The van der Waals surface area contributed by atoms with Gasteiger partial charge in [0.1, 0.15) is 0 Å². The van der Waals surface area contributed by atoms with E-state index in [4.69, 9.17) is 25.2 Å². The summed E-state index contributed by atoms with van der Waals surface area (Å²) >= 11 is 0. The molecule has 2 rings (SSSR count). The molecule has 0 spiro atoms. The average Bonchev–Trinajstić information content (AvgIpc) is 2.83. The zero-order chi connectivity index (χ0) is 24.8. The van der Waals surface area contributed by atoms with Crippen molar-refractivity contribution >= 4 is 23.5 Å². The summed E-state index contributed by atoms with van der Waals surface area (Å²) in [4.78, 5) is 34.4. The molecule has 4 N–H and O–H groups in total. The van der Waals surface area contributed by atoms with Crippen molar-refractivity contribution in [2.45, 2.75) is 51.7 Å². The van der Waals surface area contributed by atoms with Crippen LogP contribution in [0.25, 0.3) is 5.57 Å². The van der Waals surface area contributed by atoms with E-state index in [-0.39, 0.29) is 11.9 Å². The minimum Gasteiger partial charge on any atom is -0.479 e. The Morgan fingerprint density at radius 2 is 1.61 bits per heavy atom. The fourth-order valence-corrected chi connectivity index (χ4v) is 3.28. The van der Waals surface area contributed by atoms with Crippen LogP contribution >= 0.6 is 0 Å². The van der Waals surface area contributed by atoms with Crippen LogP contribution < -0.4 is 0 Å². The van der Waals surface area contributed by atoms with E-state index >= 15 is 0 Å². The van der Waals surface area contributed by atoms with Crippen LogP contribution in [-0.4, -0.2) is 81.7 Å². The predicted octanol–water partition coefficient (Wildman–Crippen LogP) is 2.02. The van der Waals surface area contributed by atoms with Crippen molar-refractivity contribution in [3.8, 4) is 0 Å². The molecule has 3 unspecified atom stereocenters. The number of esters is 1. The molecule has 1 heterocycles. The number of carbonyl (C=O) groups is 3. The smallest absolute Gasteiger partial charge is 0.335 e. The summed E-state index contributed by atoms with van der Waals surface area (Å²) in [5.41, 5.74) is 2.25. The summed E-state index contributed by atoms with van der Waals surface area (Å²) in [6.07, 6.45) is 2.16. The van der Waals surface area contributed by atoms with Gasteiger partial charge in [-0.25, -0.2) is 9.59 Å². The van der Waals surface area contributed by atoms with Crippen LogP contribution in [0, 0.1) is 5.92 Å². The number of nitrogens with zero attached hydrogens (tertiary/aromatic N) is 1. The average molecular weight is 466 g/mol. The first kappa shape index (κ1) is 28.3. The Bertz CT molecular complexity index is 762. The van der Waals surface area contributed by atoms with Gasteiger partial charge in [-0.15, -0.1) is 0 Å². The molecule has 3 atom stereocenters. The molecule has 0 bridgehead atoms. The lowest BCUT2D eigenvalue weighted by atomic mass is 9.89. The van der Waals surface area contributed by atoms with Crippen LogP contribution in [0.3, 0.4) is 0 Å². The Kier molecular flexibility index (Phi) is 13.0. The maximum absolute atomic E-state index is 12.6. The van der Waals surface area contributed by atoms with Crippen molar-refractivity contribution in [3.63, 3.8) is 0 Å². The van der Waals surface area contributed by atoms with Crippen molar-refractivity contribution in [1.82, 2.24) is 4.90 Å². The van der Waals surface area contributed by atoms with Gasteiger partial charge in [0.2, 0.25) is 0 Å². The maximum atomic E-state index is 12.6. The van der Waals surface area contributed by atoms with Crippen LogP contribution in [0.2, 0.25) is 0 Å². The lowest BCUT2D eigenvalue weighted by Crippen LogP contribution is -2.39. The Hall–Kier alpha value is -2.75. The molecule has 33 heavy (non-hydrogen) atoms. The molecule has 0 radical (unpaired) electrons. The lowest BCUT2D eigenvalue weighted by molar-refractivity contribution is -0.165. The Balaban J connectivity index is 0.000000461. The molecule has 0 saturated heterocycles. The molecule has 184 valence electrons. The normalized spacial score (nSPS) is 17.7. The fraction of sp³-hybridized carbons (Fsp3) is 0.542. The predicted molar refractivity (Wildman–Crippen MR) is 122 cm³/mol. The van der Waals surface area contributed by atoms with Gasteiger partial charge in [0.15, 0.2) is 12.2 Å². The first-order valence-electron chi connectivity index (χ1n) is 11.2. The van der Waals surface area contributed by atoms with Gasteiger partial charge in [-0.3, -0.25) is 9.69 Å². The van der Waals surface area contributed by atoms with E-state index in [2.05, 4.69) is 37.0 Å². The number of aliphatic hydroxyl groups is 2.